The van der Waals surface area contributed by atoms with Gasteiger partial charge in [0.1, 0.15) is 17.8 Å². The summed E-state index contributed by atoms with van der Waals surface area (Å²) in [6.45, 7) is 8.09. The lowest BCUT2D eigenvalue weighted by molar-refractivity contribution is -0.146. The van der Waals surface area contributed by atoms with Gasteiger partial charge in [0.05, 0.1) is 0 Å². The lowest BCUT2D eigenvalue weighted by Gasteiger charge is -2.20. The third-order valence-electron chi connectivity index (χ3n) is 5.32. The van der Waals surface area contributed by atoms with E-state index in [0.29, 0.717) is 11.5 Å². The van der Waals surface area contributed by atoms with Crippen molar-refractivity contribution < 1.29 is 28.5 Å². The van der Waals surface area contributed by atoms with E-state index in [2.05, 4.69) is 38.7 Å². The summed E-state index contributed by atoms with van der Waals surface area (Å²) in [5.41, 5.74) is 6.60. The largest absolute Gasteiger partial charge is 0.455 e. The number of carbonyl (C=O) groups excluding carboxylic acids is 2. The van der Waals surface area contributed by atoms with Crippen LogP contribution in [0.15, 0.2) is 114 Å². The molecule has 0 unspecified atom stereocenters. The monoisotopic (exact) mass is 530 g/mol. The Bertz CT molecular complexity index is 1140. The number of carbonyl (C=O) groups is 2. The van der Waals surface area contributed by atoms with Crippen molar-refractivity contribution >= 4 is 11.9 Å². The zero-order valence-electron chi connectivity index (χ0n) is 23.2. The number of hydrogen-bond donors (Lipinski definition) is 0. The van der Waals surface area contributed by atoms with E-state index in [1.807, 2.05) is 43.3 Å². The normalized spacial score (nSPS) is 10.9. The predicted molar refractivity (Wildman–Crippen MR) is 153 cm³/mol. The molecule has 2 aromatic rings. The second kappa shape index (κ2) is 18.1. The molecule has 0 radical (unpaired) electrons. The SMILES string of the molecule is CC(=C=COC(=O)/C=C\C(=O)OCC(Oc1ccccc1)Oc1ccccc1)CCC=C(C)CCC=C(C)C. The molecular formula is C33H38O6. The van der Waals surface area contributed by atoms with Gasteiger partial charge >= 0.3 is 11.9 Å². The first kappa shape index (κ1) is 30.9. The first-order valence-electron chi connectivity index (χ1n) is 13.0. The molecule has 0 amide bonds. The average Bonchev–Trinajstić information content (AvgIpc) is 2.91. The molecule has 0 heterocycles. The van der Waals surface area contributed by atoms with Gasteiger partial charge in [0.25, 0.3) is 6.29 Å². The van der Waals surface area contributed by atoms with E-state index in [9.17, 15) is 9.59 Å². The molecule has 0 spiro atoms. The predicted octanol–water partition coefficient (Wildman–Crippen LogP) is 7.64. The van der Waals surface area contributed by atoms with Gasteiger partial charge in [0.2, 0.25) is 0 Å². The summed E-state index contributed by atoms with van der Waals surface area (Å²) < 4.78 is 21.8. The molecule has 39 heavy (non-hydrogen) atoms. The molecule has 0 fully saturated rings. The number of ether oxygens (including phenoxy) is 4. The number of allylic oxidation sites excluding steroid dienone is 5. The van der Waals surface area contributed by atoms with E-state index in [1.165, 1.54) is 17.4 Å². The fraction of sp³-hybridized carbons (Fsp3) is 0.303. The summed E-state index contributed by atoms with van der Waals surface area (Å²) in [6, 6.07) is 18.1. The van der Waals surface area contributed by atoms with Crippen molar-refractivity contribution in [3.8, 4) is 11.5 Å². The fourth-order valence-corrected chi connectivity index (χ4v) is 3.25. The zero-order valence-corrected chi connectivity index (χ0v) is 23.2. The summed E-state index contributed by atoms with van der Waals surface area (Å²) in [5.74, 6) is -0.309. The van der Waals surface area contributed by atoms with Gasteiger partial charge in [0, 0.05) is 12.2 Å². The Labute approximate surface area is 231 Å². The Morgan fingerprint density at radius 3 is 1.92 bits per heavy atom. The van der Waals surface area contributed by atoms with E-state index in [-0.39, 0.29) is 6.61 Å². The summed E-state index contributed by atoms with van der Waals surface area (Å²) in [5, 5.41) is 0. The molecule has 0 saturated carbocycles. The van der Waals surface area contributed by atoms with Crippen LogP contribution in [-0.2, 0) is 19.1 Å². The third kappa shape index (κ3) is 14.9. The maximum absolute atomic E-state index is 12.1. The van der Waals surface area contributed by atoms with Gasteiger partial charge in [-0.1, -0.05) is 65.4 Å². The van der Waals surface area contributed by atoms with Crippen LogP contribution in [0.3, 0.4) is 0 Å². The number of esters is 2. The van der Waals surface area contributed by atoms with Gasteiger partial charge in [-0.15, -0.1) is 0 Å². The van der Waals surface area contributed by atoms with Crippen LogP contribution < -0.4 is 9.47 Å². The third-order valence-corrected chi connectivity index (χ3v) is 5.32. The molecule has 0 N–H and O–H groups in total. The van der Waals surface area contributed by atoms with Crippen molar-refractivity contribution in [1.82, 2.24) is 0 Å². The summed E-state index contributed by atoms with van der Waals surface area (Å²) >= 11 is 0. The molecule has 2 aromatic carbocycles. The number of benzene rings is 2. The second-order valence-corrected chi connectivity index (χ2v) is 9.14. The highest BCUT2D eigenvalue weighted by Gasteiger charge is 2.15. The number of para-hydroxylation sites is 2. The summed E-state index contributed by atoms with van der Waals surface area (Å²) in [7, 11) is 0. The molecule has 6 nitrogen and oxygen atoms in total. The minimum absolute atomic E-state index is 0.188. The van der Waals surface area contributed by atoms with Crippen LogP contribution >= 0.6 is 0 Å². The minimum atomic E-state index is -0.883. The fourth-order valence-electron chi connectivity index (χ4n) is 3.25. The smallest absolute Gasteiger partial charge is 0.336 e. The van der Waals surface area contributed by atoms with Crippen LogP contribution in [0.1, 0.15) is 53.4 Å². The van der Waals surface area contributed by atoms with Crippen LogP contribution in [0.2, 0.25) is 0 Å². The van der Waals surface area contributed by atoms with Crippen LogP contribution in [-0.4, -0.2) is 24.8 Å². The van der Waals surface area contributed by atoms with Crippen molar-refractivity contribution in [2.45, 2.75) is 59.7 Å². The van der Waals surface area contributed by atoms with Crippen LogP contribution in [0.25, 0.3) is 0 Å². The maximum Gasteiger partial charge on any atom is 0.336 e. The number of hydrogen-bond acceptors (Lipinski definition) is 6. The molecule has 2 rings (SSSR count). The lowest BCUT2D eigenvalue weighted by Crippen LogP contribution is -2.30. The van der Waals surface area contributed by atoms with E-state index in [4.69, 9.17) is 18.9 Å². The molecule has 6 heteroatoms. The highest BCUT2D eigenvalue weighted by atomic mass is 16.7. The Hall–Kier alpha value is -4.28. The van der Waals surface area contributed by atoms with Gasteiger partial charge in [0.15, 0.2) is 6.61 Å². The standard InChI is InChI=1S/C33H38O6/c1-26(2)13-11-14-27(3)15-12-16-28(4)23-24-36-31(34)21-22-32(35)37-25-33(38-29-17-7-5-8-18-29)39-30-19-9-6-10-20-30/h5-10,13,15,17-22,24,33H,11-12,14,16,25H2,1-4H3/b22-21-,27-15?. The molecule has 0 saturated heterocycles. The van der Waals surface area contributed by atoms with Crippen molar-refractivity contribution in [2.75, 3.05) is 6.61 Å². The van der Waals surface area contributed by atoms with Crippen LogP contribution in [0.4, 0.5) is 0 Å². The summed E-state index contributed by atoms with van der Waals surface area (Å²) in [6.07, 6.45) is 10.6. The first-order chi connectivity index (χ1) is 18.8. The van der Waals surface area contributed by atoms with Gasteiger partial charge in [-0.25, -0.2) is 9.59 Å². The van der Waals surface area contributed by atoms with E-state index < -0.39 is 18.2 Å². The zero-order chi connectivity index (χ0) is 28.3. The quantitative estimate of drug-likeness (QED) is 0.0588. The van der Waals surface area contributed by atoms with Gasteiger partial charge in [-0.05, 0) is 83.2 Å². The topological polar surface area (TPSA) is 71.1 Å². The molecular weight excluding hydrogens is 492 g/mol. The van der Waals surface area contributed by atoms with Crippen LogP contribution in [0.5, 0.6) is 11.5 Å². The second-order valence-electron chi connectivity index (χ2n) is 9.14. The Morgan fingerprint density at radius 2 is 1.33 bits per heavy atom. The Kier molecular flexibility index (Phi) is 14.3. The van der Waals surface area contributed by atoms with Crippen molar-refractivity contribution in [3.63, 3.8) is 0 Å². The molecule has 206 valence electrons. The summed E-state index contributed by atoms with van der Waals surface area (Å²) in [4.78, 5) is 24.1. The molecule has 0 bridgehead atoms. The highest BCUT2D eigenvalue weighted by molar-refractivity contribution is 5.91. The highest BCUT2D eigenvalue weighted by Crippen LogP contribution is 2.16. The lowest BCUT2D eigenvalue weighted by atomic mass is 10.1. The number of rotatable bonds is 15. The van der Waals surface area contributed by atoms with Crippen LogP contribution in [0, 0.1) is 0 Å². The van der Waals surface area contributed by atoms with Gasteiger partial charge in [-0.3, -0.25) is 0 Å². The molecule has 0 aliphatic carbocycles. The van der Waals surface area contributed by atoms with Crippen molar-refractivity contribution in [1.29, 1.82) is 0 Å². The molecule has 0 aromatic heterocycles. The average molecular weight is 531 g/mol. The first-order valence-corrected chi connectivity index (χ1v) is 13.0. The van der Waals surface area contributed by atoms with E-state index >= 15 is 0 Å². The Morgan fingerprint density at radius 1 is 0.769 bits per heavy atom. The molecule has 0 atom stereocenters. The van der Waals surface area contributed by atoms with E-state index in [0.717, 1.165) is 43.4 Å². The molecule has 0 aliphatic rings. The van der Waals surface area contributed by atoms with E-state index in [1.54, 1.807) is 24.3 Å². The minimum Gasteiger partial charge on any atom is -0.455 e. The Balaban J connectivity index is 1.78. The van der Waals surface area contributed by atoms with Crippen molar-refractivity contribution in [2.24, 2.45) is 0 Å². The molecule has 0 aliphatic heterocycles. The van der Waals surface area contributed by atoms with Gasteiger partial charge in [-0.2, -0.15) is 0 Å². The van der Waals surface area contributed by atoms with Crippen molar-refractivity contribution in [3.05, 3.63) is 114 Å². The maximum atomic E-state index is 12.1. The van der Waals surface area contributed by atoms with Gasteiger partial charge < -0.3 is 18.9 Å².